The third kappa shape index (κ3) is 4.09. The fraction of sp³-hybridized carbons (Fsp3) is 0.312. The largest absolute Gasteiger partial charge is 0.341 e. The van der Waals surface area contributed by atoms with Gasteiger partial charge in [0.1, 0.15) is 0 Å². The Labute approximate surface area is 129 Å². The van der Waals surface area contributed by atoms with Gasteiger partial charge in [0, 0.05) is 23.4 Å². The van der Waals surface area contributed by atoms with Gasteiger partial charge in [-0.1, -0.05) is 23.7 Å². The van der Waals surface area contributed by atoms with Gasteiger partial charge in [-0.25, -0.2) is 0 Å². The fourth-order valence-electron chi connectivity index (χ4n) is 2.00. The molecule has 1 aromatic carbocycles. The molecule has 0 atom stereocenters. The lowest BCUT2D eigenvalue weighted by molar-refractivity contribution is -0.130. The molecule has 2 rings (SSSR count). The molecular weight excluding hydrogens is 290 g/mol. The number of hydrogen-bond donors (Lipinski definition) is 0. The van der Waals surface area contributed by atoms with Gasteiger partial charge in [-0.2, -0.15) is 0 Å². The number of aryl methyl sites for hydroxylation is 2. The van der Waals surface area contributed by atoms with Crippen LogP contribution in [0.4, 0.5) is 0 Å². The van der Waals surface area contributed by atoms with Crippen molar-refractivity contribution in [1.82, 2.24) is 4.90 Å². The smallest absolute Gasteiger partial charge is 0.222 e. The van der Waals surface area contributed by atoms with E-state index in [4.69, 9.17) is 11.6 Å². The van der Waals surface area contributed by atoms with Crippen LogP contribution < -0.4 is 0 Å². The van der Waals surface area contributed by atoms with Crippen molar-refractivity contribution < 1.29 is 4.79 Å². The number of carbonyl (C=O) groups is 1. The molecule has 4 heteroatoms. The maximum atomic E-state index is 12.1. The van der Waals surface area contributed by atoms with E-state index >= 15 is 0 Å². The molecule has 0 unspecified atom stereocenters. The summed E-state index contributed by atoms with van der Waals surface area (Å²) in [5, 5.41) is 2.78. The van der Waals surface area contributed by atoms with E-state index in [1.54, 1.807) is 16.2 Å². The zero-order valence-electron chi connectivity index (χ0n) is 11.7. The van der Waals surface area contributed by atoms with Crippen LogP contribution in [0.2, 0.25) is 5.02 Å². The molecule has 0 aliphatic carbocycles. The highest BCUT2D eigenvalue weighted by Gasteiger charge is 2.11. The zero-order valence-corrected chi connectivity index (χ0v) is 13.3. The van der Waals surface area contributed by atoms with Crippen molar-refractivity contribution in [3.63, 3.8) is 0 Å². The van der Waals surface area contributed by atoms with E-state index in [9.17, 15) is 4.79 Å². The summed E-state index contributed by atoms with van der Waals surface area (Å²) in [6.45, 7) is 2.77. The quantitative estimate of drug-likeness (QED) is 0.806. The van der Waals surface area contributed by atoms with Crippen molar-refractivity contribution in [3.8, 4) is 0 Å². The molecule has 1 heterocycles. The van der Waals surface area contributed by atoms with Gasteiger partial charge in [0.25, 0.3) is 0 Å². The second-order valence-electron chi connectivity index (χ2n) is 4.91. The van der Waals surface area contributed by atoms with Crippen LogP contribution in [0, 0.1) is 6.92 Å². The maximum Gasteiger partial charge on any atom is 0.222 e. The highest BCUT2D eigenvalue weighted by molar-refractivity contribution is 7.10. The van der Waals surface area contributed by atoms with Gasteiger partial charge in [-0.05, 0) is 48.1 Å². The third-order valence-electron chi connectivity index (χ3n) is 3.29. The first kappa shape index (κ1) is 15.1. The summed E-state index contributed by atoms with van der Waals surface area (Å²) < 4.78 is 0. The summed E-state index contributed by atoms with van der Waals surface area (Å²) in [7, 11) is 1.86. The molecule has 1 aromatic heterocycles. The summed E-state index contributed by atoms with van der Waals surface area (Å²) in [5.41, 5.74) is 2.36. The minimum absolute atomic E-state index is 0.165. The second-order valence-corrected chi connectivity index (χ2v) is 6.34. The molecule has 0 saturated carbocycles. The average Bonchev–Trinajstić information content (AvgIpc) is 2.81. The van der Waals surface area contributed by atoms with Crippen LogP contribution in [0.15, 0.2) is 35.7 Å². The molecule has 0 saturated heterocycles. The molecule has 0 N–H and O–H groups in total. The minimum atomic E-state index is 0.165. The van der Waals surface area contributed by atoms with Crippen molar-refractivity contribution in [1.29, 1.82) is 0 Å². The van der Waals surface area contributed by atoms with Gasteiger partial charge in [0.15, 0.2) is 0 Å². The number of carbonyl (C=O) groups excluding carboxylic acids is 1. The summed E-state index contributed by atoms with van der Waals surface area (Å²) in [6.07, 6.45) is 1.24. The Kier molecular flexibility index (Phi) is 5.21. The SMILES string of the molecule is Cc1ccsc1CN(C)C(=O)CCc1cccc(Cl)c1. The lowest BCUT2D eigenvalue weighted by Gasteiger charge is -2.17. The molecule has 2 nitrogen and oxygen atoms in total. The lowest BCUT2D eigenvalue weighted by atomic mass is 10.1. The van der Waals surface area contributed by atoms with E-state index in [1.165, 1.54) is 10.4 Å². The number of benzene rings is 1. The molecule has 2 aromatic rings. The molecule has 0 aliphatic heterocycles. The molecule has 20 heavy (non-hydrogen) atoms. The van der Waals surface area contributed by atoms with Crippen LogP contribution in [0.1, 0.15) is 22.4 Å². The topological polar surface area (TPSA) is 20.3 Å². The molecule has 0 radical (unpaired) electrons. The number of rotatable bonds is 5. The van der Waals surface area contributed by atoms with Gasteiger partial charge in [0.05, 0.1) is 6.54 Å². The number of thiophene rings is 1. The number of nitrogens with zero attached hydrogens (tertiary/aromatic N) is 1. The normalized spacial score (nSPS) is 10.6. The van der Waals surface area contributed by atoms with Gasteiger partial charge < -0.3 is 4.90 Å². The number of halogens is 1. The summed E-state index contributed by atoms with van der Waals surface area (Å²) in [4.78, 5) is 15.2. The third-order valence-corrected chi connectivity index (χ3v) is 4.53. The molecule has 0 spiro atoms. The monoisotopic (exact) mass is 307 g/mol. The highest BCUT2D eigenvalue weighted by atomic mass is 35.5. The predicted octanol–water partition coefficient (Wildman–Crippen LogP) is 4.30. The number of amides is 1. The van der Waals surface area contributed by atoms with Crippen molar-refractivity contribution >= 4 is 28.8 Å². The summed E-state index contributed by atoms with van der Waals surface area (Å²) >= 11 is 7.64. The van der Waals surface area contributed by atoms with Gasteiger partial charge >= 0.3 is 0 Å². The molecular formula is C16H18ClNOS. The first-order valence-corrected chi connectivity index (χ1v) is 7.83. The molecule has 0 bridgehead atoms. The van der Waals surface area contributed by atoms with E-state index in [0.717, 1.165) is 17.0 Å². The Morgan fingerprint density at radius 1 is 1.35 bits per heavy atom. The van der Waals surface area contributed by atoms with Crippen molar-refractivity contribution in [2.24, 2.45) is 0 Å². The highest BCUT2D eigenvalue weighted by Crippen LogP contribution is 2.18. The van der Waals surface area contributed by atoms with Crippen LogP contribution in [0.25, 0.3) is 0 Å². The molecule has 106 valence electrons. The zero-order chi connectivity index (χ0) is 14.5. The molecule has 0 aliphatic rings. The van der Waals surface area contributed by atoms with Crippen LogP contribution in [-0.4, -0.2) is 17.9 Å². The van der Waals surface area contributed by atoms with E-state index in [1.807, 2.05) is 31.3 Å². The standard InChI is InChI=1S/C16H18ClNOS/c1-12-8-9-20-15(12)11-18(2)16(19)7-6-13-4-3-5-14(17)10-13/h3-5,8-10H,6-7,11H2,1-2H3. The summed E-state index contributed by atoms with van der Waals surface area (Å²) in [6, 6.07) is 9.77. The Hall–Kier alpha value is -1.32. The van der Waals surface area contributed by atoms with Crippen LogP contribution in [-0.2, 0) is 17.8 Å². The molecule has 0 fully saturated rings. The van der Waals surface area contributed by atoms with Crippen molar-refractivity contribution in [2.75, 3.05) is 7.05 Å². The fourth-order valence-corrected chi connectivity index (χ4v) is 3.18. The Balaban J connectivity index is 1.87. The number of hydrogen-bond acceptors (Lipinski definition) is 2. The lowest BCUT2D eigenvalue weighted by Crippen LogP contribution is -2.26. The first-order valence-electron chi connectivity index (χ1n) is 6.57. The molecule has 1 amide bonds. The van der Waals surface area contributed by atoms with Crippen LogP contribution >= 0.6 is 22.9 Å². The van der Waals surface area contributed by atoms with E-state index < -0.39 is 0 Å². The van der Waals surface area contributed by atoms with E-state index in [-0.39, 0.29) is 5.91 Å². The van der Waals surface area contributed by atoms with Crippen molar-refractivity contribution in [3.05, 3.63) is 56.7 Å². The minimum Gasteiger partial charge on any atom is -0.341 e. The Morgan fingerprint density at radius 2 is 2.15 bits per heavy atom. The predicted molar refractivity (Wildman–Crippen MR) is 85.3 cm³/mol. The first-order chi connectivity index (χ1) is 9.56. The summed E-state index contributed by atoms with van der Waals surface area (Å²) in [5.74, 6) is 0.165. The Bertz CT molecular complexity index is 594. The van der Waals surface area contributed by atoms with E-state index in [2.05, 4.69) is 18.4 Å². The second kappa shape index (κ2) is 6.91. The van der Waals surface area contributed by atoms with Gasteiger partial charge in [-0.15, -0.1) is 11.3 Å². The van der Waals surface area contributed by atoms with E-state index in [0.29, 0.717) is 13.0 Å². The van der Waals surface area contributed by atoms with Gasteiger partial charge in [-0.3, -0.25) is 4.79 Å². The maximum absolute atomic E-state index is 12.1. The van der Waals surface area contributed by atoms with Gasteiger partial charge in [0.2, 0.25) is 5.91 Å². The average molecular weight is 308 g/mol. The van der Waals surface area contributed by atoms with Crippen LogP contribution in [0.3, 0.4) is 0 Å². The van der Waals surface area contributed by atoms with Crippen LogP contribution in [0.5, 0.6) is 0 Å². The van der Waals surface area contributed by atoms with Crippen molar-refractivity contribution in [2.45, 2.75) is 26.3 Å². The Morgan fingerprint density at radius 3 is 2.80 bits per heavy atom.